The van der Waals surface area contributed by atoms with E-state index >= 15 is 0 Å². The number of benzene rings is 1. The number of carbonyl (C=O) groups is 1. The smallest absolute Gasteiger partial charge is 0.232 e. The molecule has 0 N–H and O–H groups in total. The summed E-state index contributed by atoms with van der Waals surface area (Å²) < 4.78 is 2.96. The average Bonchev–Trinajstić information content (AvgIpc) is 3.09. The molecule has 1 fully saturated rings. The first-order valence-electron chi connectivity index (χ1n) is 7.22. The maximum Gasteiger partial charge on any atom is 0.232 e. The van der Waals surface area contributed by atoms with Crippen LogP contribution in [0.1, 0.15) is 18.9 Å². The second-order valence-electron chi connectivity index (χ2n) is 5.23. The predicted molar refractivity (Wildman–Crippen MR) is 89.7 cm³/mol. The Kier molecular flexibility index (Phi) is 5.15. The van der Waals surface area contributed by atoms with Gasteiger partial charge in [-0.2, -0.15) is 5.10 Å². The molecule has 2 heterocycles. The molecule has 0 bridgehead atoms. The van der Waals surface area contributed by atoms with Gasteiger partial charge in [0.2, 0.25) is 5.91 Å². The Morgan fingerprint density at radius 1 is 1.27 bits per heavy atom. The van der Waals surface area contributed by atoms with Crippen LogP contribution in [0.25, 0.3) is 0 Å². The summed E-state index contributed by atoms with van der Waals surface area (Å²) in [6.07, 6.45) is 5.20. The highest BCUT2D eigenvalue weighted by molar-refractivity contribution is 9.10. The molecule has 0 atom stereocenters. The molecule has 0 radical (unpaired) electrons. The number of thioether (sulfide) groups is 1. The molecule has 1 aromatic carbocycles. The third-order valence-corrected chi connectivity index (χ3v) is 5.33. The molecule has 3 rings (SSSR count). The Bertz CT molecular complexity index is 609. The van der Waals surface area contributed by atoms with Gasteiger partial charge in [0.05, 0.1) is 11.8 Å². The van der Waals surface area contributed by atoms with E-state index in [0.717, 1.165) is 35.3 Å². The fraction of sp³-hybridized carbons (Fsp3) is 0.400. The molecule has 0 spiro atoms. The Balaban J connectivity index is 1.46. The third kappa shape index (κ3) is 3.89. The maximum atomic E-state index is 12.3. The number of aromatic nitrogens is 3. The fourth-order valence-electron chi connectivity index (χ4n) is 2.55. The number of nitrogens with zero attached hydrogens (tertiary/aromatic N) is 4. The first-order chi connectivity index (χ1) is 10.7. The van der Waals surface area contributed by atoms with Gasteiger partial charge in [-0.15, -0.1) is 11.8 Å². The Morgan fingerprint density at radius 3 is 2.64 bits per heavy atom. The lowest BCUT2D eigenvalue weighted by Gasteiger charge is -2.31. The number of hydrogen-bond donors (Lipinski definition) is 0. The molecule has 0 saturated carbocycles. The predicted octanol–water partition coefficient (Wildman–Crippen LogP) is 3.00. The topological polar surface area (TPSA) is 51.0 Å². The molecule has 7 heteroatoms. The molecule has 1 saturated heterocycles. The minimum Gasteiger partial charge on any atom is -0.342 e. The summed E-state index contributed by atoms with van der Waals surface area (Å²) >= 11 is 5.00. The number of rotatable bonds is 4. The van der Waals surface area contributed by atoms with E-state index in [-0.39, 0.29) is 5.91 Å². The van der Waals surface area contributed by atoms with Gasteiger partial charge in [0.1, 0.15) is 12.7 Å². The third-order valence-electron chi connectivity index (χ3n) is 3.80. The lowest BCUT2D eigenvalue weighted by Crippen LogP contribution is -2.40. The van der Waals surface area contributed by atoms with Gasteiger partial charge in [-0.05, 0) is 37.1 Å². The molecule has 2 aromatic rings. The lowest BCUT2D eigenvalue weighted by molar-refractivity contribution is -0.129. The van der Waals surface area contributed by atoms with Gasteiger partial charge in [-0.25, -0.2) is 9.67 Å². The summed E-state index contributed by atoms with van der Waals surface area (Å²) in [7, 11) is 0. The van der Waals surface area contributed by atoms with Crippen molar-refractivity contribution in [3.63, 3.8) is 0 Å². The van der Waals surface area contributed by atoms with Crippen LogP contribution in [0.2, 0.25) is 0 Å². The van der Waals surface area contributed by atoms with Crippen molar-refractivity contribution in [2.45, 2.75) is 23.8 Å². The summed E-state index contributed by atoms with van der Waals surface area (Å²) in [5, 5.41) is 4.19. The monoisotopic (exact) mass is 380 g/mol. The van der Waals surface area contributed by atoms with Gasteiger partial charge in [0, 0.05) is 22.5 Å². The standard InChI is InChI=1S/C15H17BrN4OS/c16-12-1-3-14(4-2-12)22-9-15(21)19-7-5-13(6-8-19)20-11-17-10-18-20/h1-4,10-11,13H,5-9H2. The highest BCUT2D eigenvalue weighted by Crippen LogP contribution is 2.24. The minimum absolute atomic E-state index is 0.213. The number of amides is 1. The molecule has 1 amide bonds. The molecule has 0 aliphatic carbocycles. The Hall–Kier alpha value is -1.34. The maximum absolute atomic E-state index is 12.3. The van der Waals surface area contributed by atoms with E-state index < -0.39 is 0 Å². The van der Waals surface area contributed by atoms with E-state index in [1.54, 1.807) is 24.4 Å². The van der Waals surface area contributed by atoms with Crippen molar-refractivity contribution in [3.05, 3.63) is 41.4 Å². The van der Waals surface area contributed by atoms with Crippen LogP contribution in [0.5, 0.6) is 0 Å². The summed E-state index contributed by atoms with van der Waals surface area (Å²) in [5.74, 6) is 0.709. The van der Waals surface area contributed by atoms with Crippen molar-refractivity contribution in [2.75, 3.05) is 18.8 Å². The van der Waals surface area contributed by atoms with Crippen LogP contribution in [0.15, 0.2) is 46.3 Å². The van der Waals surface area contributed by atoms with E-state index in [2.05, 4.69) is 26.0 Å². The van der Waals surface area contributed by atoms with E-state index in [1.165, 1.54) is 0 Å². The molecule has 22 heavy (non-hydrogen) atoms. The van der Waals surface area contributed by atoms with Crippen molar-refractivity contribution >= 4 is 33.6 Å². The van der Waals surface area contributed by atoms with Gasteiger partial charge in [-0.1, -0.05) is 15.9 Å². The van der Waals surface area contributed by atoms with Gasteiger partial charge < -0.3 is 4.90 Å². The largest absolute Gasteiger partial charge is 0.342 e. The summed E-state index contributed by atoms with van der Waals surface area (Å²) in [5.41, 5.74) is 0. The Morgan fingerprint density at radius 2 is 2.00 bits per heavy atom. The number of hydrogen-bond acceptors (Lipinski definition) is 4. The van der Waals surface area contributed by atoms with E-state index in [9.17, 15) is 4.79 Å². The molecule has 116 valence electrons. The van der Waals surface area contributed by atoms with Crippen molar-refractivity contribution in [1.29, 1.82) is 0 Å². The zero-order valence-electron chi connectivity index (χ0n) is 12.1. The first-order valence-corrected chi connectivity index (χ1v) is 9.00. The van der Waals surface area contributed by atoms with Crippen molar-refractivity contribution in [2.24, 2.45) is 0 Å². The van der Waals surface area contributed by atoms with Crippen molar-refractivity contribution < 1.29 is 4.79 Å². The average molecular weight is 381 g/mol. The second kappa shape index (κ2) is 7.28. The summed E-state index contributed by atoms with van der Waals surface area (Å²) in [6.45, 7) is 1.59. The van der Waals surface area contributed by atoms with Crippen molar-refractivity contribution in [3.8, 4) is 0 Å². The van der Waals surface area contributed by atoms with Gasteiger partial charge in [-0.3, -0.25) is 4.79 Å². The molecule has 0 unspecified atom stereocenters. The molecular weight excluding hydrogens is 364 g/mol. The zero-order chi connectivity index (χ0) is 15.4. The Labute approximate surface area is 142 Å². The molecule has 5 nitrogen and oxygen atoms in total. The van der Waals surface area contributed by atoms with Crippen LogP contribution in [0, 0.1) is 0 Å². The second-order valence-corrected chi connectivity index (χ2v) is 7.19. The van der Waals surface area contributed by atoms with E-state index in [0.29, 0.717) is 11.8 Å². The lowest BCUT2D eigenvalue weighted by atomic mass is 10.1. The van der Waals surface area contributed by atoms with Crippen LogP contribution in [0.4, 0.5) is 0 Å². The quantitative estimate of drug-likeness (QED) is 0.765. The van der Waals surface area contributed by atoms with E-state index in [1.807, 2.05) is 33.8 Å². The molecule has 1 aliphatic rings. The molecule has 1 aromatic heterocycles. The number of halogens is 1. The number of likely N-dealkylation sites (tertiary alicyclic amines) is 1. The number of piperidine rings is 1. The van der Waals surface area contributed by atoms with Crippen LogP contribution in [0.3, 0.4) is 0 Å². The van der Waals surface area contributed by atoms with E-state index in [4.69, 9.17) is 0 Å². The zero-order valence-corrected chi connectivity index (χ0v) is 14.5. The summed E-state index contributed by atoms with van der Waals surface area (Å²) in [4.78, 5) is 19.4. The van der Waals surface area contributed by atoms with Crippen molar-refractivity contribution in [1.82, 2.24) is 19.7 Å². The summed E-state index contributed by atoms with van der Waals surface area (Å²) in [6, 6.07) is 8.41. The van der Waals surface area contributed by atoms with Gasteiger partial charge >= 0.3 is 0 Å². The van der Waals surface area contributed by atoms with Crippen LogP contribution < -0.4 is 0 Å². The normalized spacial score (nSPS) is 16.0. The van der Waals surface area contributed by atoms with Crippen LogP contribution in [-0.2, 0) is 4.79 Å². The number of carbonyl (C=O) groups excluding carboxylic acids is 1. The fourth-order valence-corrected chi connectivity index (χ4v) is 3.62. The first kappa shape index (κ1) is 15.6. The highest BCUT2D eigenvalue weighted by Gasteiger charge is 2.24. The molecular formula is C15H17BrN4OS. The highest BCUT2D eigenvalue weighted by atomic mass is 79.9. The SMILES string of the molecule is O=C(CSc1ccc(Br)cc1)N1CCC(n2cncn2)CC1. The van der Waals surface area contributed by atoms with Crippen LogP contribution >= 0.6 is 27.7 Å². The van der Waals surface area contributed by atoms with Gasteiger partial charge in [0.15, 0.2) is 0 Å². The molecule has 1 aliphatic heterocycles. The minimum atomic E-state index is 0.213. The van der Waals surface area contributed by atoms with Gasteiger partial charge in [0.25, 0.3) is 0 Å². The van der Waals surface area contributed by atoms with Crippen LogP contribution in [-0.4, -0.2) is 44.4 Å².